The second-order valence-corrected chi connectivity index (χ2v) is 5.96. The monoisotopic (exact) mass is 323 g/mol. The zero-order valence-electron chi connectivity index (χ0n) is 12.5. The zero-order chi connectivity index (χ0) is 15.9. The molecule has 3 rings (SSSR count). The van der Waals surface area contributed by atoms with Crippen LogP contribution in [0.1, 0.15) is 6.92 Å². The number of nitrogens with one attached hydrogen (secondary N) is 1. The van der Waals surface area contributed by atoms with Crippen molar-refractivity contribution in [2.45, 2.75) is 19.0 Å². The predicted octanol–water partition coefficient (Wildman–Crippen LogP) is 0.141. The molecule has 7 nitrogen and oxygen atoms in total. The fourth-order valence-corrected chi connectivity index (χ4v) is 2.91. The first kappa shape index (κ1) is 15.2. The van der Waals surface area contributed by atoms with Gasteiger partial charge >= 0.3 is 5.69 Å². The molecule has 2 N–H and O–H groups in total. The van der Waals surface area contributed by atoms with E-state index < -0.39 is 0 Å². The van der Waals surface area contributed by atoms with Crippen LogP contribution in [0.5, 0.6) is 0 Å². The van der Waals surface area contributed by atoms with Gasteiger partial charge in [0.2, 0.25) is 0 Å². The zero-order valence-corrected chi connectivity index (χ0v) is 13.2. The summed E-state index contributed by atoms with van der Waals surface area (Å²) in [5, 5.41) is 13.3. The van der Waals surface area contributed by atoms with E-state index in [1.165, 1.54) is 4.57 Å². The lowest BCUT2D eigenvalue weighted by Crippen LogP contribution is -2.57. The number of nitrogens with zero attached hydrogens (tertiary/aromatic N) is 4. The van der Waals surface area contributed by atoms with E-state index in [2.05, 4.69) is 15.3 Å². The Morgan fingerprint density at radius 2 is 2.23 bits per heavy atom. The number of aromatic nitrogens is 3. The summed E-state index contributed by atoms with van der Waals surface area (Å²) in [6, 6.07) is 3.48. The van der Waals surface area contributed by atoms with Gasteiger partial charge in [-0.15, -0.1) is 0 Å². The van der Waals surface area contributed by atoms with Crippen molar-refractivity contribution in [3.63, 3.8) is 0 Å². The van der Waals surface area contributed by atoms with Crippen LogP contribution in [-0.4, -0.2) is 51.4 Å². The second-order valence-electron chi connectivity index (χ2n) is 5.58. The van der Waals surface area contributed by atoms with Gasteiger partial charge in [0.05, 0.1) is 18.2 Å². The van der Waals surface area contributed by atoms with E-state index >= 15 is 0 Å². The highest BCUT2D eigenvalue weighted by atomic mass is 35.5. The molecule has 0 aromatic carbocycles. The lowest BCUT2D eigenvalue weighted by molar-refractivity contribution is 0.236. The lowest BCUT2D eigenvalue weighted by Gasteiger charge is -2.39. The number of aryl methyl sites for hydroxylation is 1. The minimum absolute atomic E-state index is 0.0291. The van der Waals surface area contributed by atoms with Crippen molar-refractivity contribution >= 4 is 28.5 Å². The van der Waals surface area contributed by atoms with E-state index in [9.17, 15) is 9.90 Å². The van der Waals surface area contributed by atoms with Crippen LogP contribution in [0.15, 0.2) is 16.9 Å². The van der Waals surface area contributed by atoms with E-state index in [-0.39, 0.29) is 24.4 Å². The maximum Gasteiger partial charge on any atom is 0.349 e. The SMILES string of the molecule is C[C@@H]1CN(c2nc(=O)n(C)c3ccc(Cl)nc23)[C@@H](CO)CN1. The Balaban J connectivity index is 2.22. The summed E-state index contributed by atoms with van der Waals surface area (Å²) < 4.78 is 1.45. The number of halogens is 1. The van der Waals surface area contributed by atoms with Crippen LogP contribution in [-0.2, 0) is 7.05 Å². The number of aliphatic hydroxyl groups excluding tert-OH is 1. The van der Waals surface area contributed by atoms with Gasteiger partial charge in [0.25, 0.3) is 0 Å². The Morgan fingerprint density at radius 1 is 1.45 bits per heavy atom. The third-order valence-corrected chi connectivity index (χ3v) is 4.21. The van der Waals surface area contributed by atoms with Gasteiger partial charge in [0.1, 0.15) is 10.7 Å². The van der Waals surface area contributed by atoms with Gasteiger partial charge in [-0.25, -0.2) is 9.78 Å². The first-order valence-electron chi connectivity index (χ1n) is 7.15. The molecular formula is C14H18ClN5O2. The van der Waals surface area contributed by atoms with E-state index in [1.807, 2.05) is 11.8 Å². The van der Waals surface area contributed by atoms with Crippen molar-refractivity contribution in [2.24, 2.45) is 7.05 Å². The van der Waals surface area contributed by atoms with Gasteiger partial charge in [-0.1, -0.05) is 11.6 Å². The molecule has 2 aromatic rings. The van der Waals surface area contributed by atoms with Crippen LogP contribution < -0.4 is 15.9 Å². The van der Waals surface area contributed by atoms with Crippen molar-refractivity contribution in [2.75, 3.05) is 24.6 Å². The van der Waals surface area contributed by atoms with Crippen LogP contribution >= 0.6 is 11.6 Å². The lowest BCUT2D eigenvalue weighted by atomic mass is 10.1. The Morgan fingerprint density at radius 3 is 2.95 bits per heavy atom. The smallest absolute Gasteiger partial charge is 0.349 e. The van der Waals surface area contributed by atoms with Gasteiger partial charge in [0.15, 0.2) is 5.82 Å². The summed E-state index contributed by atoms with van der Waals surface area (Å²) >= 11 is 6.01. The van der Waals surface area contributed by atoms with Gasteiger partial charge in [-0.3, -0.25) is 4.57 Å². The molecule has 1 aliphatic rings. The number of aliphatic hydroxyl groups is 1. The van der Waals surface area contributed by atoms with Crippen LogP contribution in [0, 0.1) is 0 Å². The summed E-state index contributed by atoms with van der Waals surface area (Å²) in [4.78, 5) is 22.6. The quantitative estimate of drug-likeness (QED) is 0.765. The molecule has 0 radical (unpaired) electrons. The molecule has 0 bridgehead atoms. The molecule has 0 spiro atoms. The van der Waals surface area contributed by atoms with Gasteiger partial charge in [-0.2, -0.15) is 4.98 Å². The van der Waals surface area contributed by atoms with Crippen LogP contribution in [0.25, 0.3) is 11.0 Å². The van der Waals surface area contributed by atoms with E-state index in [1.54, 1.807) is 19.2 Å². The maximum absolute atomic E-state index is 12.1. The molecule has 0 unspecified atom stereocenters. The summed E-state index contributed by atoms with van der Waals surface area (Å²) in [6.45, 7) is 3.27. The third kappa shape index (κ3) is 2.55. The van der Waals surface area contributed by atoms with Crippen molar-refractivity contribution < 1.29 is 5.11 Å². The number of hydrogen-bond donors (Lipinski definition) is 2. The first-order chi connectivity index (χ1) is 10.5. The summed E-state index contributed by atoms with van der Waals surface area (Å²) in [6.07, 6.45) is 0. The normalized spacial score (nSPS) is 22.3. The molecular weight excluding hydrogens is 306 g/mol. The minimum Gasteiger partial charge on any atom is -0.394 e. The Hall–Kier alpha value is -1.70. The fourth-order valence-electron chi connectivity index (χ4n) is 2.76. The number of anilines is 1. The van der Waals surface area contributed by atoms with Gasteiger partial charge < -0.3 is 15.3 Å². The summed E-state index contributed by atoms with van der Waals surface area (Å²) in [7, 11) is 1.65. The molecule has 0 amide bonds. The predicted molar refractivity (Wildman–Crippen MR) is 85.5 cm³/mol. The van der Waals surface area contributed by atoms with Crippen LogP contribution in [0.3, 0.4) is 0 Å². The molecule has 2 aromatic heterocycles. The number of piperazine rings is 1. The average Bonchev–Trinajstić information content (AvgIpc) is 2.50. The molecule has 22 heavy (non-hydrogen) atoms. The van der Waals surface area contributed by atoms with Gasteiger partial charge in [-0.05, 0) is 19.1 Å². The molecule has 0 saturated carbocycles. The molecule has 118 valence electrons. The summed E-state index contributed by atoms with van der Waals surface area (Å²) in [5.41, 5.74) is 0.888. The molecule has 3 heterocycles. The van der Waals surface area contributed by atoms with Crippen molar-refractivity contribution in [3.05, 3.63) is 27.8 Å². The first-order valence-corrected chi connectivity index (χ1v) is 7.53. The topological polar surface area (TPSA) is 83.3 Å². The molecule has 1 fully saturated rings. The maximum atomic E-state index is 12.1. The van der Waals surface area contributed by atoms with Crippen molar-refractivity contribution in [3.8, 4) is 0 Å². The number of rotatable bonds is 2. The van der Waals surface area contributed by atoms with E-state index in [0.29, 0.717) is 35.1 Å². The third-order valence-electron chi connectivity index (χ3n) is 4.00. The Kier molecular flexibility index (Phi) is 4.03. The minimum atomic E-state index is -0.352. The number of fused-ring (bicyclic) bond motifs is 1. The van der Waals surface area contributed by atoms with E-state index in [0.717, 1.165) is 0 Å². The second kappa shape index (κ2) is 5.83. The summed E-state index contributed by atoms with van der Waals surface area (Å²) in [5.74, 6) is 0.480. The molecule has 1 saturated heterocycles. The molecule has 1 aliphatic heterocycles. The highest BCUT2D eigenvalue weighted by molar-refractivity contribution is 6.29. The van der Waals surface area contributed by atoms with Crippen molar-refractivity contribution in [1.29, 1.82) is 0 Å². The van der Waals surface area contributed by atoms with Crippen LogP contribution in [0.4, 0.5) is 5.82 Å². The van der Waals surface area contributed by atoms with Crippen molar-refractivity contribution in [1.82, 2.24) is 19.9 Å². The standard InChI is InChI=1S/C14H18ClN5O2/c1-8-6-20(9(7-21)5-16-8)13-12-10(3-4-11(15)17-12)19(2)14(22)18-13/h3-4,8-9,16,21H,5-7H2,1-2H3/t8-,9-/m1/s1. The van der Waals surface area contributed by atoms with Crippen LogP contribution in [0.2, 0.25) is 5.15 Å². The molecule has 0 aliphatic carbocycles. The highest BCUT2D eigenvalue weighted by Gasteiger charge is 2.28. The largest absolute Gasteiger partial charge is 0.394 e. The molecule has 8 heteroatoms. The highest BCUT2D eigenvalue weighted by Crippen LogP contribution is 2.25. The number of pyridine rings is 1. The average molecular weight is 324 g/mol. The van der Waals surface area contributed by atoms with Gasteiger partial charge in [0, 0.05) is 26.2 Å². The Bertz CT molecular complexity index is 763. The fraction of sp³-hybridized carbons (Fsp3) is 0.500. The number of hydrogen-bond acceptors (Lipinski definition) is 6. The Labute approximate surface area is 132 Å². The molecule has 2 atom stereocenters. The van der Waals surface area contributed by atoms with E-state index in [4.69, 9.17) is 11.6 Å².